The Kier molecular flexibility index (Phi) is 7.43. The zero-order valence-corrected chi connectivity index (χ0v) is 25.1. The van der Waals surface area contributed by atoms with E-state index in [0.717, 1.165) is 24.7 Å². The lowest BCUT2D eigenvalue weighted by Crippen LogP contribution is -2.21. The number of nitrogens with zero attached hydrogens (tertiary/aromatic N) is 1. The summed E-state index contributed by atoms with van der Waals surface area (Å²) < 4.78 is 56.0. The van der Waals surface area contributed by atoms with E-state index in [9.17, 15) is 27.9 Å². The molecular formula is C30H23F3N2O5S3. The lowest BCUT2D eigenvalue weighted by atomic mass is 9.94. The number of halogens is 3. The minimum atomic E-state index is -4.94. The second-order valence-electron chi connectivity index (χ2n) is 10.2. The third-order valence-electron chi connectivity index (χ3n) is 7.26. The number of ether oxygens (including phenoxy) is 2. The highest BCUT2D eigenvalue weighted by atomic mass is 32.1. The van der Waals surface area contributed by atoms with Crippen molar-refractivity contribution in [2.24, 2.45) is 0 Å². The number of nitrogens with one attached hydrogen (secondary N) is 1. The molecule has 6 rings (SSSR count). The second-order valence-corrected chi connectivity index (χ2v) is 13.1. The lowest BCUT2D eigenvalue weighted by molar-refractivity contribution is -0.274. The maximum atomic E-state index is 13.3. The van der Waals surface area contributed by atoms with Gasteiger partial charge < -0.3 is 14.6 Å². The number of aryl methyl sites for hydroxylation is 1. The van der Waals surface area contributed by atoms with Crippen molar-refractivity contribution < 1.29 is 37.3 Å². The molecule has 13 heteroatoms. The molecule has 2 N–H and O–H groups in total. The fourth-order valence-electron chi connectivity index (χ4n) is 4.83. The van der Waals surface area contributed by atoms with Gasteiger partial charge in [0.15, 0.2) is 0 Å². The monoisotopic (exact) mass is 644 g/mol. The van der Waals surface area contributed by atoms with E-state index in [1.54, 1.807) is 26.0 Å². The average molecular weight is 645 g/mol. The Hall–Kier alpha value is -3.94. The van der Waals surface area contributed by atoms with Gasteiger partial charge in [-0.15, -0.1) is 35.8 Å². The normalized spacial score (nSPS) is 14.8. The van der Waals surface area contributed by atoms with Gasteiger partial charge in [-0.05, 0) is 73.6 Å². The molecule has 1 aliphatic carbocycles. The number of carboxylic acids is 1. The van der Waals surface area contributed by atoms with Gasteiger partial charge >= 0.3 is 18.4 Å². The summed E-state index contributed by atoms with van der Waals surface area (Å²) >= 11 is 3.94. The standard InChI is InChI=1S/C30H23F3N2O5S3/c1-15-25(34-28(38)39-16(2)17-6-4-3-5-7-17)26(43-35-15)24-14-23-22(42-24)13-21(41-23)19-9-8-18(29(10-11-29)27(36)37)12-20(19)40-30(31,32)33/h3-9,12-14,16H,10-11H2,1-2H3,(H,34,38)(H,36,37)/t16-/m1/s1. The molecule has 3 aromatic heterocycles. The summed E-state index contributed by atoms with van der Waals surface area (Å²) in [5.41, 5.74) is 1.38. The van der Waals surface area contributed by atoms with Gasteiger partial charge in [0.25, 0.3) is 0 Å². The van der Waals surface area contributed by atoms with E-state index in [1.165, 1.54) is 46.3 Å². The first-order valence-corrected chi connectivity index (χ1v) is 15.5. The molecule has 0 bridgehead atoms. The Labute approximate surface area is 255 Å². The predicted molar refractivity (Wildman–Crippen MR) is 161 cm³/mol. The number of amides is 1. The third kappa shape index (κ3) is 5.84. The van der Waals surface area contributed by atoms with Crippen LogP contribution in [-0.4, -0.2) is 27.9 Å². The number of rotatable bonds is 8. The van der Waals surface area contributed by atoms with E-state index in [-0.39, 0.29) is 5.56 Å². The van der Waals surface area contributed by atoms with E-state index in [4.69, 9.17) is 4.74 Å². The summed E-state index contributed by atoms with van der Waals surface area (Å²) in [6.45, 7) is 3.57. The molecule has 2 aromatic carbocycles. The first-order chi connectivity index (χ1) is 20.4. The van der Waals surface area contributed by atoms with Crippen LogP contribution < -0.4 is 10.1 Å². The quantitative estimate of drug-likeness (QED) is 0.175. The Bertz CT molecular complexity index is 1810. The van der Waals surface area contributed by atoms with Crippen LogP contribution in [0.15, 0.2) is 60.7 Å². The number of anilines is 1. The van der Waals surface area contributed by atoms with Crippen molar-refractivity contribution >= 4 is 61.4 Å². The molecule has 1 atom stereocenters. The van der Waals surface area contributed by atoms with E-state index in [1.807, 2.05) is 36.4 Å². The summed E-state index contributed by atoms with van der Waals surface area (Å²) in [6, 6.07) is 17.3. The number of hydrogen-bond acceptors (Lipinski definition) is 8. The van der Waals surface area contributed by atoms with E-state index >= 15 is 0 Å². The van der Waals surface area contributed by atoms with Gasteiger partial charge in [-0.2, -0.15) is 4.37 Å². The zero-order chi connectivity index (χ0) is 30.5. The van der Waals surface area contributed by atoms with Gasteiger partial charge in [-0.25, -0.2) is 4.79 Å². The Morgan fingerprint density at radius 2 is 1.70 bits per heavy atom. The number of fused-ring (bicyclic) bond motifs is 1. The number of carbonyl (C=O) groups is 2. The predicted octanol–water partition coefficient (Wildman–Crippen LogP) is 9.39. The number of hydrogen-bond donors (Lipinski definition) is 2. The van der Waals surface area contributed by atoms with Crippen molar-refractivity contribution in [1.82, 2.24) is 4.37 Å². The van der Waals surface area contributed by atoms with Crippen molar-refractivity contribution in [2.45, 2.75) is 44.6 Å². The Morgan fingerprint density at radius 1 is 1.02 bits per heavy atom. The van der Waals surface area contributed by atoms with Crippen LogP contribution in [0.3, 0.4) is 0 Å². The van der Waals surface area contributed by atoms with Gasteiger partial charge in [0.2, 0.25) is 0 Å². The van der Waals surface area contributed by atoms with E-state index in [0.29, 0.717) is 34.7 Å². The van der Waals surface area contributed by atoms with Crippen LogP contribution in [0.1, 0.15) is 42.7 Å². The first-order valence-electron chi connectivity index (χ1n) is 13.1. The Morgan fingerprint density at radius 3 is 2.35 bits per heavy atom. The van der Waals surface area contributed by atoms with Gasteiger partial charge in [-0.1, -0.05) is 36.4 Å². The van der Waals surface area contributed by atoms with Gasteiger partial charge in [-0.3, -0.25) is 10.1 Å². The molecule has 43 heavy (non-hydrogen) atoms. The summed E-state index contributed by atoms with van der Waals surface area (Å²) in [4.78, 5) is 26.6. The molecule has 7 nitrogen and oxygen atoms in total. The van der Waals surface area contributed by atoms with Crippen LogP contribution in [0.4, 0.5) is 23.7 Å². The molecule has 0 saturated heterocycles. The van der Waals surface area contributed by atoms with Crippen molar-refractivity contribution in [3.8, 4) is 25.9 Å². The highest BCUT2D eigenvalue weighted by molar-refractivity contribution is 7.32. The van der Waals surface area contributed by atoms with Crippen LogP contribution in [0.5, 0.6) is 5.75 Å². The van der Waals surface area contributed by atoms with Crippen LogP contribution in [0.2, 0.25) is 0 Å². The fraction of sp³-hybridized carbons (Fsp3) is 0.233. The maximum absolute atomic E-state index is 13.3. The van der Waals surface area contributed by atoms with Gasteiger partial charge in [0, 0.05) is 19.8 Å². The largest absolute Gasteiger partial charge is 0.573 e. The second kappa shape index (κ2) is 11.0. The van der Waals surface area contributed by atoms with Crippen LogP contribution in [0.25, 0.3) is 29.6 Å². The number of aromatic nitrogens is 1. The van der Waals surface area contributed by atoms with Crippen molar-refractivity contribution in [2.75, 3.05) is 5.32 Å². The smallest absolute Gasteiger partial charge is 0.481 e. The lowest BCUT2D eigenvalue weighted by Gasteiger charge is -2.16. The van der Waals surface area contributed by atoms with E-state index < -0.39 is 35.7 Å². The molecule has 1 aliphatic rings. The molecule has 222 valence electrons. The number of carbonyl (C=O) groups excluding carboxylic acids is 1. The number of benzene rings is 2. The molecular weight excluding hydrogens is 622 g/mol. The van der Waals surface area contributed by atoms with Crippen LogP contribution in [-0.2, 0) is 14.9 Å². The highest BCUT2D eigenvalue weighted by Crippen LogP contribution is 2.52. The number of carboxylic acid groups (broad SMARTS) is 1. The summed E-state index contributed by atoms with van der Waals surface area (Å²) in [5.74, 6) is -1.49. The Balaban J connectivity index is 1.27. The zero-order valence-electron chi connectivity index (χ0n) is 22.7. The molecule has 1 saturated carbocycles. The van der Waals surface area contributed by atoms with Gasteiger partial charge in [0.1, 0.15) is 11.9 Å². The number of alkyl halides is 3. The molecule has 0 radical (unpaired) electrons. The summed E-state index contributed by atoms with van der Waals surface area (Å²) in [6.07, 6.45) is -5.29. The third-order valence-corrected chi connectivity index (χ3v) is 10.7. The fourth-order valence-corrected chi connectivity index (χ4v) is 8.20. The van der Waals surface area contributed by atoms with E-state index in [2.05, 4.69) is 14.4 Å². The van der Waals surface area contributed by atoms with Crippen LogP contribution >= 0.6 is 34.2 Å². The maximum Gasteiger partial charge on any atom is 0.573 e. The molecule has 1 fully saturated rings. The summed E-state index contributed by atoms with van der Waals surface area (Å²) in [7, 11) is 0. The van der Waals surface area contributed by atoms with Crippen LogP contribution in [0, 0.1) is 6.92 Å². The molecule has 5 aromatic rings. The molecule has 1 amide bonds. The number of thiophene rings is 2. The highest BCUT2D eigenvalue weighted by Gasteiger charge is 2.52. The first kappa shape index (κ1) is 29.1. The van der Waals surface area contributed by atoms with Gasteiger partial charge in [0.05, 0.1) is 26.6 Å². The molecule has 0 unspecified atom stereocenters. The topological polar surface area (TPSA) is 97.8 Å². The molecule has 0 spiro atoms. The average Bonchev–Trinajstić information content (AvgIpc) is 3.38. The number of aliphatic carboxylic acids is 1. The SMILES string of the molecule is Cc1nsc(-c2cc3sc(-c4ccc(C5(C(=O)O)CC5)cc4OC(F)(F)F)cc3s2)c1NC(=O)O[C@H](C)c1ccccc1. The minimum absolute atomic E-state index is 0.225. The van der Waals surface area contributed by atoms with Crippen molar-refractivity contribution in [1.29, 1.82) is 0 Å². The van der Waals surface area contributed by atoms with Crippen molar-refractivity contribution in [3.05, 3.63) is 77.5 Å². The molecule has 0 aliphatic heterocycles. The summed E-state index contributed by atoms with van der Waals surface area (Å²) in [5, 5.41) is 12.4. The molecule has 3 heterocycles. The van der Waals surface area contributed by atoms with Crippen molar-refractivity contribution in [3.63, 3.8) is 0 Å². The minimum Gasteiger partial charge on any atom is -0.481 e.